The van der Waals surface area contributed by atoms with Gasteiger partial charge in [-0.25, -0.2) is 4.79 Å². The van der Waals surface area contributed by atoms with E-state index in [1.54, 1.807) is 0 Å². The molecule has 0 N–H and O–H groups in total. The van der Waals surface area contributed by atoms with Gasteiger partial charge in [-0.1, -0.05) is 44.9 Å². The molecule has 1 aromatic rings. The molecular weight excluding hydrogens is 288 g/mol. The first-order chi connectivity index (χ1) is 10.8. The quantitative estimate of drug-likeness (QED) is 0.556. The van der Waals surface area contributed by atoms with Crippen molar-refractivity contribution >= 4 is 5.97 Å². The Hall–Kier alpha value is -1.35. The van der Waals surface area contributed by atoms with E-state index in [1.165, 1.54) is 6.42 Å². The molecule has 0 spiro atoms. The van der Waals surface area contributed by atoms with Crippen molar-refractivity contribution in [3.05, 3.63) is 40.5 Å². The van der Waals surface area contributed by atoms with Crippen molar-refractivity contribution in [3.63, 3.8) is 0 Å². The van der Waals surface area contributed by atoms with Crippen LogP contribution in [-0.4, -0.2) is 5.97 Å². The van der Waals surface area contributed by atoms with Crippen LogP contribution in [0, 0.1) is 44.6 Å². The number of hydrogen-bond donors (Lipinski definition) is 0. The van der Waals surface area contributed by atoms with E-state index < -0.39 is 5.97 Å². The molecule has 0 aromatic heterocycles. The third-order valence-corrected chi connectivity index (χ3v) is 4.84. The second-order valence-corrected chi connectivity index (χ2v) is 7.43. The number of hydrogen-bond acceptors (Lipinski definition) is 3. The summed E-state index contributed by atoms with van der Waals surface area (Å²) in [7, 11) is 0. The maximum Gasteiger partial charge on any atom is 0.373 e. The van der Waals surface area contributed by atoms with Gasteiger partial charge in [-0.3, -0.25) is 4.89 Å². The largest absolute Gasteiger partial charge is 0.373 e. The number of carbonyl (C=O) groups is 1. The van der Waals surface area contributed by atoms with Crippen LogP contribution in [0.3, 0.4) is 0 Å². The van der Waals surface area contributed by atoms with E-state index in [4.69, 9.17) is 9.78 Å². The maximum absolute atomic E-state index is 12.4. The highest BCUT2D eigenvalue weighted by Gasteiger charge is 2.34. The van der Waals surface area contributed by atoms with Crippen molar-refractivity contribution in [2.75, 3.05) is 0 Å². The van der Waals surface area contributed by atoms with Gasteiger partial charge in [0.05, 0.1) is 5.56 Å². The van der Waals surface area contributed by atoms with Gasteiger partial charge in [0, 0.05) is 0 Å². The number of carbonyl (C=O) groups excluding carboxylic acids is 1. The van der Waals surface area contributed by atoms with Crippen LogP contribution in [0.25, 0.3) is 0 Å². The molecule has 1 fully saturated rings. The minimum absolute atomic E-state index is 0.374. The molecule has 0 heterocycles. The molecule has 0 saturated heterocycles. The Morgan fingerprint density at radius 3 is 2.30 bits per heavy atom. The fourth-order valence-electron chi connectivity index (χ4n) is 3.66. The Balaban J connectivity index is 2.06. The molecule has 2 rings (SSSR count). The lowest BCUT2D eigenvalue weighted by molar-refractivity contribution is -0.251. The predicted molar refractivity (Wildman–Crippen MR) is 91.7 cm³/mol. The summed E-state index contributed by atoms with van der Waals surface area (Å²) in [5, 5.41) is 0. The molecule has 0 aliphatic heterocycles. The average molecular weight is 317 g/mol. The fraction of sp³-hybridized carbons (Fsp3) is 0.600. The standard InChI is InChI=1S/C20H29O3/c1-12(2)17-8-7-13(3)11-18(17)22-23-20(21)19-15(5)9-14(4)10-16(19)6/h9-10,12-13,17H,7-8,11H2,1-6H3. The van der Waals surface area contributed by atoms with Crippen LogP contribution in [0.2, 0.25) is 0 Å². The molecule has 1 saturated carbocycles. The lowest BCUT2D eigenvalue weighted by atomic mass is 9.75. The smallest absolute Gasteiger partial charge is 0.292 e. The first-order valence-electron chi connectivity index (χ1n) is 8.62. The minimum atomic E-state index is -0.395. The highest BCUT2D eigenvalue weighted by atomic mass is 17.2. The normalized spacial score (nSPS) is 22.4. The highest BCUT2D eigenvalue weighted by molar-refractivity contribution is 5.92. The fourth-order valence-corrected chi connectivity index (χ4v) is 3.66. The third kappa shape index (κ3) is 4.35. The van der Waals surface area contributed by atoms with Crippen LogP contribution in [0.1, 0.15) is 67.1 Å². The van der Waals surface area contributed by atoms with Gasteiger partial charge in [0.25, 0.3) is 0 Å². The summed E-state index contributed by atoms with van der Waals surface area (Å²) in [5.41, 5.74) is 3.62. The van der Waals surface area contributed by atoms with Crippen molar-refractivity contribution in [2.45, 2.75) is 60.8 Å². The van der Waals surface area contributed by atoms with Crippen molar-refractivity contribution in [2.24, 2.45) is 17.8 Å². The maximum atomic E-state index is 12.4. The number of rotatable bonds is 4. The first-order valence-corrected chi connectivity index (χ1v) is 8.62. The van der Waals surface area contributed by atoms with Crippen molar-refractivity contribution in [1.82, 2.24) is 0 Å². The molecule has 2 atom stereocenters. The van der Waals surface area contributed by atoms with Gasteiger partial charge >= 0.3 is 5.97 Å². The molecule has 1 aromatic carbocycles. The van der Waals surface area contributed by atoms with Gasteiger partial charge in [-0.05, 0) is 62.5 Å². The van der Waals surface area contributed by atoms with E-state index in [0.717, 1.165) is 35.6 Å². The van der Waals surface area contributed by atoms with Gasteiger partial charge in [0.1, 0.15) is 0 Å². The van der Waals surface area contributed by atoms with Gasteiger partial charge in [-0.2, -0.15) is 4.89 Å². The minimum Gasteiger partial charge on any atom is -0.292 e. The van der Waals surface area contributed by atoms with Crippen molar-refractivity contribution in [1.29, 1.82) is 0 Å². The first kappa shape index (κ1) is 18.0. The van der Waals surface area contributed by atoms with E-state index in [2.05, 4.69) is 20.8 Å². The molecule has 1 radical (unpaired) electrons. The summed E-state index contributed by atoms with van der Waals surface area (Å²) in [6.45, 7) is 12.5. The van der Waals surface area contributed by atoms with Gasteiger partial charge in [0.2, 0.25) is 0 Å². The summed E-state index contributed by atoms with van der Waals surface area (Å²) >= 11 is 0. The van der Waals surface area contributed by atoms with Crippen LogP contribution in [0.15, 0.2) is 12.1 Å². The zero-order chi connectivity index (χ0) is 17.1. The lowest BCUT2D eigenvalue weighted by Gasteiger charge is -2.34. The Bertz CT molecular complexity index is 539. The van der Waals surface area contributed by atoms with E-state index in [-0.39, 0.29) is 0 Å². The van der Waals surface area contributed by atoms with Gasteiger partial charge < -0.3 is 0 Å². The van der Waals surface area contributed by atoms with Crippen LogP contribution in [0.4, 0.5) is 0 Å². The molecule has 1 aliphatic carbocycles. The van der Waals surface area contributed by atoms with Crippen molar-refractivity contribution < 1.29 is 14.6 Å². The molecule has 3 nitrogen and oxygen atoms in total. The summed E-state index contributed by atoms with van der Waals surface area (Å²) in [6, 6.07) is 3.99. The molecule has 3 heteroatoms. The Kier molecular flexibility index (Phi) is 5.85. The van der Waals surface area contributed by atoms with Crippen LogP contribution in [-0.2, 0) is 9.78 Å². The van der Waals surface area contributed by atoms with Crippen LogP contribution >= 0.6 is 0 Å². The second-order valence-electron chi connectivity index (χ2n) is 7.43. The molecule has 2 unspecified atom stereocenters. The Morgan fingerprint density at radius 2 is 1.74 bits per heavy atom. The highest BCUT2D eigenvalue weighted by Crippen LogP contribution is 2.40. The SMILES string of the molecule is Cc1cc(C)c(C(=O)OO[C]2CC(C)CCC2C(C)C)c(C)c1. The molecule has 127 valence electrons. The summed E-state index contributed by atoms with van der Waals surface area (Å²) in [4.78, 5) is 23.2. The topological polar surface area (TPSA) is 35.5 Å². The lowest BCUT2D eigenvalue weighted by Crippen LogP contribution is -2.29. The summed E-state index contributed by atoms with van der Waals surface area (Å²) < 4.78 is 0. The van der Waals surface area contributed by atoms with Crippen molar-refractivity contribution in [3.8, 4) is 0 Å². The van der Waals surface area contributed by atoms with Gasteiger partial charge in [-0.15, -0.1) is 0 Å². The summed E-state index contributed by atoms with van der Waals surface area (Å²) in [6.07, 6.45) is 4.12. The Labute approximate surface area is 140 Å². The zero-order valence-corrected chi connectivity index (χ0v) is 15.2. The number of benzene rings is 1. The Morgan fingerprint density at radius 1 is 1.13 bits per heavy atom. The average Bonchev–Trinajstić information content (AvgIpc) is 2.43. The molecule has 0 bridgehead atoms. The van der Waals surface area contributed by atoms with Gasteiger partial charge in [0.15, 0.2) is 6.10 Å². The second kappa shape index (κ2) is 7.48. The monoisotopic (exact) mass is 317 g/mol. The molecular formula is C20H29O3. The van der Waals surface area contributed by atoms with Crippen LogP contribution in [0.5, 0.6) is 0 Å². The van der Waals surface area contributed by atoms with E-state index >= 15 is 0 Å². The van der Waals surface area contributed by atoms with Crippen LogP contribution < -0.4 is 0 Å². The predicted octanol–water partition coefficient (Wildman–Crippen LogP) is 5.32. The van der Waals surface area contributed by atoms with E-state index in [1.807, 2.05) is 32.9 Å². The molecule has 1 aliphatic rings. The van der Waals surface area contributed by atoms with E-state index in [9.17, 15) is 4.79 Å². The molecule has 0 amide bonds. The summed E-state index contributed by atoms with van der Waals surface area (Å²) in [5.74, 6) is 1.06. The van der Waals surface area contributed by atoms with E-state index in [0.29, 0.717) is 23.3 Å². The third-order valence-electron chi connectivity index (χ3n) is 4.84. The molecule has 23 heavy (non-hydrogen) atoms. The number of aryl methyl sites for hydroxylation is 3. The zero-order valence-electron chi connectivity index (χ0n) is 15.2.